The zero-order valence-electron chi connectivity index (χ0n) is 18.3. The first-order chi connectivity index (χ1) is 16.6. The predicted octanol–water partition coefficient (Wildman–Crippen LogP) is 6.48. The number of amides is 1. The highest BCUT2D eigenvalue weighted by molar-refractivity contribution is 6.31. The molecule has 0 saturated heterocycles. The fourth-order valence-electron chi connectivity index (χ4n) is 4.11. The standard InChI is InChI=1S/C28H22ClNO4/c29-21-10-13-25(24(16-21)27(31)19-5-2-1-3-6-19)30-28(32)26-14-12-23(34-26)17-33-22-11-9-18-7-4-8-20(18)15-22/h1-3,5-6,9-16H,4,7-8,17H2,(H,30,32). The van der Waals surface area contributed by atoms with Crippen LogP contribution in [0.4, 0.5) is 5.69 Å². The third-order valence-electron chi connectivity index (χ3n) is 5.85. The van der Waals surface area contributed by atoms with Crippen LogP contribution >= 0.6 is 11.6 Å². The Morgan fingerprint density at radius 3 is 2.59 bits per heavy atom. The maximum atomic E-state index is 13.0. The summed E-state index contributed by atoms with van der Waals surface area (Å²) in [6, 6.07) is 23.1. The van der Waals surface area contributed by atoms with Crippen molar-refractivity contribution in [1.29, 1.82) is 0 Å². The molecule has 0 spiro atoms. The van der Waals surface area contributed by atoms with Gasteiger partial charge in [0.25, 0.3) is 5.91 Å². The molecular weight excluding hydrogens is 450 g/mol. The van der Waals surface area contributed by atoms with Crippen LogP contribution < -0.4 is 10.1 Å². The van der Waals surface area contributed by atoms with E-state index in [-0.39, 0.29) is 18.2 Å². The number of nitrogens with one attached hydrogen (secondary N) is 1. The summed E-state index contributed by atoms with van der Waals surface area (Å²) in [6.07, 6.45) is 3.39. The molecular formula is C28H22ClNO4. The molecule has 0 atom stereocenters. The molecule has 0 radical (unpaired) electrons. The van der Waals surface area contributed by atoms with Gasteiger partial charge in [-0.1, -0.05) is 48.0 Å². The molecule has 1 N–H and O–H groups in total. The number of aryl methyl sites for hydroxylation is 2. The van der Waals surface area contributed by atoms with Crippen molar-refractivity contribution >= 4 is 29.0 Å². The highest BCUT2D eigenvalue weighted by Crippen LogP contribution is 2.27. The predicted molar refractivity (Wildman–Crippen MR) is 131 cm³/mol. The number of carbonyl (C=O) groups excluding carboxylic acids is 2. The number of anilines is 1. The number of fused-ring (bicyclic) bond motifs is 1. The minimum atomic E-state index is -0.465. The van der Waals surface area contributed by atoms with Crippen LogP contribution in [0, 0.1) is 0 Å². The lowest BCUT2D eigenvalue weighted by molar-refractivity contribution is 0.0992. The average Bonchev–Trinajstić information content (AvgIpc) is 3.53. The normalized spacial score (nSPS) is 12.3. The maximum Gasteiger partial charge on any atom is 0.291 e. The molecule has 1 aliphatic carbocycles. The van der Waals surface area contributed by atoms with Crippen LogP contribution in [0.2, 0.25) is 5.02 Å². The summed E-state index contributed by atoms with van der Waals surface area (Å²) in [5, 5.41) is 3.17. The molecule has 0 aliphatic heterocycles. The van der Waals surface area contributed by atoms with Gasteiger partial charge in [-0.05, 0) is 72.9 Å². The van der Waals surface area contributed by atoms with E-state index >= 15 is 0 Å². The topological polar surface area (TPSA) is 68.5 Å². The molecule has 34 heavy (non-hydrogen) atoms. The summed E-state index contributed by atoms with van der Waals surface area (Å²) in [6.45, 7) is 0.213. The van der Waals surface area contributed by atoms with Crippen LogP contribution in [0.25, 0.3) is 0 Å². The van der Waals surface area contributed by atoms with Crippen molar-refractivity contribution in [3.63, 3.8) is 0 Å². The summed E-state index contributed by atoms with van der Waals surface area (Å²) >= 11 is 6.12. The van der Waals surface area contributed by atoms with Gasteiger partial charge in [0.2, 0.25) is 0 Å². The number of halogens is 1. The maximum absolute atomic E-state index is 13.0. The van der Waals surface area contributed by atoms with Gasteiger partial charge in [0.15, 0.2) is 11.5 Å². The summed E-state index contributed by atoms with van der Waals surface area (Å²) < 4.78 is 11.5. The van der Waals surface area contributed by atoms with Crippen LogP contribution in [-0.4, -0.2) is 11.7 Å². The van der Waals surface area contributed by atoms with E-state index < -0.39 is 5.91 Å². The first-order valence-electron chi connectivity index (χ1n) is 11.1. The number of ether oxygens (including phenoxy) is 1. The third-order valence-corrected chi connectivity index (χ3v) is 6.08. The first kappa shape index (κ1) is 22.0. The minimum absolute atomic E-state index is 0.126. The van der Waals surface area contributed by atoms with Crippen LogP contribution in [0.1, 0.15) is 49.8 Å². The quantitative estimate of drug-likeness (QED) is 0.313. The molecule has 1 aliphatic rings. The van der Waals surface area contributed by atoms with Crippen molar-refractivity contribution < 1.29 is 18.7 Å². The zero-order valence-corrected chi connectivity index (χ0v) is 19.1. The van der Waals surface area contributed by atoms with Gasteiger partial charge in [0.05, 0.1) is 5.69 Å². The Kier molecular flexibility index (Phi) is 6.19. The van der Waals surface area contributed by atoms with Crippen LogP contribution in [-0.2, 0) is 19.4 Å². The molecule has 1 amide bonds. The fourth-order valence-corrected chi connectivity index (χ4v) is 4.28. The van der Waals surface area contributed by atoms with E-state index in [1.807, 2.05) is 12.1 Å². The molecule has 1 heterocycles. The minimum Gasteiger partial charge on any atom is -0.486 e. The van der Waals surface area contributed by atoms with Crippen LogP contribution in [0.15, 0.2) is 83.3 Å². The molecule has 5 nitrogen and oxygen atoms in total. The van der Waals surface area contributed by atoms with Crippen molar-refractivity contribution in [1.82, 2.24) is 0 Å². The first-order valence-corrected chi connectivity index (χ1v) is 11.5. The lowest BCUT2D eigenvalue weighted by Gasteiger charge is -2.10. The van der Waals surface area contributed by atoms with Gasteiger partial charge in [0, 0.05) is 16.1 Å². The number of hydrogen-bond acceptors (Lipinski definition) is 4. The van der Waals surface area contributed by atoms with E-state index in [1.54, 1.807) is 54.6 Å². The monoisotopic (exact) mass is 471 g/mol. The van der Waals surface area contributed by atoms with Gasteiger partial charge in [-0.25, -0.2) is 0 Å². The largest absolute Gasteiger partial charge is 0.486 e. The van der Waals surface area contributed by atoms with Gasteiger partial charge in [-0.2, -0.15) is 0 Å². The van der Waals surface area contributed by atoms with Crippen molar-refractivity contribution in [2.45, 2.75) is 25.9 Å². The van der Waals surface area contributed by atoms with Gasteiger partial charge >= 0.3 is 0 Å². The lowest BCUT2D eigenvalue weighted by atomic mass is 10.0. The second-order valence-corrected chi connectivity index (χ2v) is 8.61. The Morgan fingerprint density at radius 2 is 1.74 bits per heavy atom. The smallest absolute Gasteiger partial charge is 0.291 e. The van der Waals surface area contributed by atoms with Crippen molar-refractivity contribution in [3.8, 4) is 5.75 Å². The average molecular weight is 472 g/mol. The van der Waals surface area contributed by atoms with E-state index in [4.69, 9.17) is 20.8 Å². The summed E-state index contributed by atoms with van der Waals surface area (Å²) in [5.41, 5.74) is 3.89. The third kappa shape index (κ3) is 4.75. The SMILES string of the molecule is O=C(Nc1ccc(Cl)cc1C(=O)c1ccccc1)c1ccc(COc2ccc3c(c2)CCC3)o1. The van der Waals surface area contributed by atoms with Crippen molar-refractivity contribution in [3.05, 3.63) is 118 Å². The Labute approximate surface area is 202 Å². The van der Waals surface area contributed by atoms with Gasteiger partial charge in [0.1, 0.15) is 18.1 Å². The second-order valence-electron chi connectivity index (χ2n) is 8.18. The van der Waals surface area contributed by atoms with Crippen LogP contribution in [0.5, 0.6) is 5.75 Å². The highest BCUT2D eigenvalue weighted by Gasteiger charge is 2.19. The summed E-state index contributed by atoms with van der Waals surface area (Å²) in [4.78, 5) is 25.8. The fraction of sp³-hybridized carbons (Fsp3) is 0.143. The molecule has 170 valence electrons. The molecule has 0 saturated carbocycles. The highest BCUT2D eigenvalue weighted by atomic mass is 35.5. The zero-order chi connectivity index (χ0) is 23.5. The number of hydrogen-bond donors (Lipinski definition) is 1. The van der Waals surface area contributed by atoms with E-state index in [1.165, 1.54) is 17.5 Å². The molecule has 0 bridgehead atoms. The van der Waals surface area contributed by atoms with Crippen LogP contribution in [0.3, 0.4) is 0 Å². The van der Waals surface area contributed by atoms with Gasteiger partial charge < -0.3 is 14.5 Å². The Morgan fingerprint density at radius 1 is 0.912 bits per heavy atom. The molecule has 3 aromatic carbocycles. The summed E-state index contributed by atoms with van der Waals surface area (Å²) in [7, 11) is 0. The number of ketones is 1. The molecule has 1 aromatic heterocycles. The van der Waals surface area contributed by atoms with E-state index in [0.29, 0.717) is 27.6 Å². The van der Waals surface area contributed by atoms with E-state index in [0.717, 1.165) is 18.6 Å². The molecule has 0 unspecified atom stereocenters. The Bertz CT molecular complexity index is 1360. The Balaban J connectivity index is 1.28. The number of furan rings is 1. The van der Waals surface area contributed by atoms with E-state index in [2.05, 4.69) is 17.4 Å². The lowest BCUT2D eigenvalue weighted by Crippen LogP contribution is -2.14. The summed E-state index contributed by atoms with van der Waals surface area (Å²) in [5.74, 6) is 0.741. The number of benzene rings is 3. The van der Waals surface area contributed by atoms with Gasteiger partial charge in [-0.3, -0.25) is 9.59 Å². The van der Waals surface area contributed by atoms with E-state index in [9.17, 15) is 9.59 Å². The molecule has 0 fully saturated rings. The number of carbonyl (C=O) groups is 2. The Hall–Kier alpha value is -3.83. The van der Waals surface area contributed by atoms with Gasteiger partial charge in [-0.15, -0.1) is 0 Å². The van der Waals surface area contributed by atoms with Crippen molar-refractivity contribution in [2.24, 2.45) is 0 Å². The molecule has 4 aromatic rings. The second kappa shape index (κ2) is 9.57. The number of rotatable bonds is 7. The molecule has 5 rings (SSSR count). The molecule has 6 heteroatoms. The van der Waals surface area contributed by atoms with Crippen molar-refractivity contribution in [2.75, 3.05) is 5.32 Å².